The quantitative estimate of drug-likeness (QED) is 0.246. The molecule has 3 N–H and O–H groups in total. The van der Waals surface area contributed by atoms with E-state index >= 15 is 0 Å². The summed E-state index contributed by atoms with van der Waals surface area (Å²) in [5, 5.41) is 22.9. The summed E-state index contributed by atoms with van der Waals surface area (Å²) < 4.78 is 0. The Morgan fingerprint density at radius 2 is 1.97 bits per heavy atom. The van der Waals surface area contributed by atoms with Gasteiger partial charge >= 0.3 is 0 Å². The lowest BCUT2D eigenvalue weighted by Gasteiger charge is -2.28. The van der Waals surface area contributed by atoms with E-state index in [0.29, 0.717) is 11.9 Å². The highest BCUT2D eigenvalue weighted by atomic mass is 15.5. The zero-order valence-corrected chi connectivity index (χ0v) is 21.7. The average molecular weight is 501 g/mol. The summed E-state index contributed by atoms with van der Waals surface area (Å²) in [6.45, 7) is 7.49. The van der Waals surface area contributed by atoms with Crippen LogP contribution in [0.1, 0.15) is 62.7 Å². The van der Waals surface area contributed by atoms with Gasteiger partial charge in [-0.1, -0.05) is 23.4 Å². The van der Waals surface area contributed by atoms with E-state index in [1.165, 1.54) is 17.7 Å². The van der Waals surface area contributed by atoms with Crippen molar-refractivity contribution in [2.75, 3.05) is 30.3 Å². The summed E-state index contributed by atoms with van der Waals surface area (Å²) in [4.78, 5) is 16.3. The van der Waals surface area contributed by atoms with Crippen molar-refractivity contribution in [2.24, 2.45) is 0 Å². The summed E-state index contributed by atoms with van der Waals surface area (Å²) in [6.07, 6.45) is 7.99. The number of hydrogen-bond donors (Lipinski definition) is 3. The number of rotatable bonds is 12. The standard InChI is InChI=1S/C27H36N10/c1-19(2)37(16-6-5-9-21-13-12-20-8-7-15-28-25(20)31-21)17-14-24(27-33-35-36-34-27)32-26-22-10-3-4-11-23(22)29-18-30-26/h3-4,10-13,18-19,24H,5-9,14-17H2,1-2H3,(H,28,31)(H,29,30,32)(H,33,34,35,36)/t24-/m0/s1. The molecule has 1 aromatic carbocycles. The fourth-order valence-corrected chi connectivity index (χ4v) is 4.92. The number of pyridine rings is 1. The number of aromatic nitrogens is 7. The number of anilines is 2. The molecule has 194 valence electrons. The van der Waals surface area contributed by atoms with E-state index in [9.17, 15) is 0 Å². The Morgan fingerprint density at radius 3 is 2.84 bits per heavy atom. The van der Waals surface area contributed by atoms with Gasteiger partial charge in [-0.3, -0.25) is 0 Å². The van der Waals surface area contributed by atoms with Gasteiger partial charge in [-0.25, -0.2) is 15.0 Å². The Morgan fingerprint density at radius 1 is 1.05 bits per heavy atom. The first-order chi connectivity index (χ1) is 18.2. The van der Waals surface area contributed by atoms with Gasteiger partial charge in [0.1, 0.15) is 18.0 Å². The predicted molar refractivity (Wildman–Crippen MR) is 145 cm³/mol. The van der Waals surface area contributed by atoms with Crippen LogP contribution in [0.5, 0.6) is 0 Å². The van der Waals surface area contributed by atoms with Gasteiger partial charge in [0.25, 0.3) is 0 Å². The van der Waals surface area contributed by atoms with Crippen molar-refractivity contribution in [3.05, 3.63) is 59.8 Å². The van der Waals surface area contributed by atoms with E-state index < -0.39 is 0 Å². The molecule has 0 unspecified atom stereocenters. The maximum absolute atomic E-state index is 4.85. The topological polar surface area (TPSA) is 120 Å². The largest absolute Gasteiger partial charge is 0.370 e. The van der Waals surface area contributed by atoms with Crippen LogP contribution in [0.4, 0.5) is 11.6 Å². The minimum atomic E-state index is -0.120. The molecule has 1 aliphatic rings. The Balaban J connectivity index is 1.17. The lowest BCUT2D eigenvalue weighted by atomic mass is 10.1. The van der Waals surface area contributed by atoms with Crippen LogP contribution in [0.15, 0.2) is 42.7 Å². The minimum Gasteiger partial charge on any atom is -0.370 e. The van der Waals surface area contributed by atoms with Gasteiger partial charge in [0.05, 0.1) is 11.6 Å². The molecule has 10 heteroatoms. The van der Waals surface area contributed by atoms with Crippen LogP contribution in [0.25, 0.3) is 10.9 Å². The van der Waals surface area contributed by atoms with Gasteiger partial charge in [0.2, 0.25) is 0 Å². The molecule has 5 rings (SSSR count). The summed E-state index contributed by atoms with van der Waals surface area (Å²) in [5.74, 6) is 2.51. The third-order valence-corrected chi connectivity index (χ3v) is 7.04. The van der Waals surface area contributed by atoms with Crippen molar-refractivity contribution in [1.29, 1.82) is 0 Å². The predicted octanol–water partition coefficient (Wildman–Crippen LogP) is 4.17. The normalized spacial score (nSPS) is 14.1. The van der Waals surface area contributed by atoms with E-state index in [4.69, 9.17) is 4.98 Å². The van der Waals surface area contributed by atoms with Gasteiger partial charge in [0.15, 0.2) is 5.82 Å². The molecule has 10 nitrogen and oxygen atoms in total. The Labute approximate surface area is 217 Å². The molecule has 0 aliphatic carbocycles. The highest BCUT2D eigenvalue weighted by molar-refractivity contribution is 5.88. The number of aryl methyl sites for hydroxylation is 2. The van der Waals surface area contributed by atoms with Crippen molar-refractivity contribution >= 4 is 22.5 Å². The van der Waals surface area contributed by atoms with E-state index in [2.05, 4.69) is 72.1 Å². The SMILES string of the molecule is CC(C)N(CCCCc1ccc2c(n1)NCCC2)CC[C@H](Nc1ncnc2ccccc12)c1nn[nH]n1. The first-order valence-electron chi connectivity index (χ1n) is 13.3. The summed E-state index contributed by atoms with van der Waals surface area (Å²) in [7, 11) is 0. The summed E-state index contributed by atoms with van der Waals surface area (Å²) in [6, 6.07) is 12.8. The zero-order chi connectivity index (χ0) is 25.5. The highest BCUT2D eigenvalue weighted by Crippen LogP contribution is 2.25. The van der Waals surface area contributed by atoms with E-state index in [1.54, 1.807) is 6.33 Å². The second kappa shape index (κ2) is 12.1. The monoisotopic (exact) mass is 500 g/mol. The fourth-order valence-electron chi connectivity index (χ4n) is 4.92. The molecule has 3 aromatic heterocycles. The van der Waals surface area contributed by atoms with Crippen LogP contribution in [0.2, 0.25) is 0 Å². The molecule has 37 heavy (non-hydrogen) atoms. The van der Waals surface area contributed by atoms with Crippen LogP contribution < -0.4 is 10.6 Å². The smallest absolute Gasteiger partial charge is 0.196 e. The van der Waals surface area contributed by atoms with Gasteiger partial charge in [0, 0.05) is 30.2 Å². The third kappa shape index (κ3) is 6.37. The second-order valence-corrected chi connectivity index (χ2v) is 9.92. The lowest BCUT2D eigenvalue weighted by molar-refractivity contribution is 0.210. The number of H-pyrrole nitrogens is 1. The number of nitrogens with one attached hydrogen (secondary N) is 3. The molecule has 0 saturated carbocycles. The molecular formula is C27H36N10. The van der Waals surface area contributed by atoms with Crippen LogP contribution in [0, 0.1) is 0 Å². The van der Waals surface area contributed by atoms with Gasteiger partial charge in [-0.2, -0.15) is 5.21 Å². The first kappa shape index (κ1) is 25.0. The molecule has 0 spiro atoms. The number of hydrogen-bond acceptors (Lipinski definition) is 9. The number of fused-ring (bicyclic) bond motifs is 2. The number of para-hydroxylation sites is 1. The molecule has 4 heterocycles. The first-order valence-corrected chi connectivity index (χ1v) is 13.3. The number of aromatic amines is 1. The highest BCUT2D eigenvalue weighted by Gasteiger charge is 2.20. The van der Waals surface area contributed by atoms with E-state index in [-0.39, 0.29) is 6.04 Å². The Hall–Kier alpha value is -3.66. The number of nitrogens with zero attached hydrogens (tertiary/aromatic N) is 7. The molecule has 0 amide bonds. The summed E-state index contributed by atoms with van der Waals surface area (Å²) in [5.41, 5.74) is 3.43. The molecular weight excluding hydrogens is 464 g/mol. The number of tetrazole rings is 1. The number of unbranched alkanes of at least 4 members (excludes halogenated alkanes) is 1. The fraction of sp³-hybridized carbons (Fsp3) is 0.481. The van der Waals surface area contributed by atoms with Crippen molar-refractivity contribution in [3.63, 3.8) is 0 Å². The van der Waals surface area contributed by atoms with Gasteiger partial charge in [-0.15, -0.1) is 10.2 Å². The zero-order valence-electron chi connectivity index (χ0n) is 21.7. The molecule has 1 atom stereocenters. The third-order valence-electron chi connectivity index (χ3n) is 7.04. The Bertz CT molecular complexity index is 1270. The van der Waals surface area contributed by atoms with E-state index in [1.807, 2.05) is 24.3 Å². The summed E-state index contributed by atoms with van der Waals surface area (Å²) >= 11 is 0. The lowest BCUT2D eigenvalue weighted by Crippen LogP contribution is -2.34. The number of benzene rings is 1. The molecule has 0 saturated heterocycles. The van der Waals surface area contributed by atoms with Crippen molar-refractivity contribution in [1.82, 2.24) is 40.5 Å². The maximum atomic E-state index is 4.85. The Kier molecular flexibility index (Phi) is 8.15. The van der Waals surface area contributed by atoms with Crippen molar-refractivity contribution < 1.29 is 0 Å². The van der Waals surface area contributed by atoms with Crippen molar-refractivity contribution in [2.45, 2.75) is 64.5 Å². The molecule has 4 aromatic rings. The van der Waals surface area contributed by atoms with Gasteiger partial charge < -0.3 is 15.5 Å². The molecule has 0 radical (unpaired) electrons. The minimum absolute atomic E-state index is 0.120. The molecule has 0 fully saturated rings. The van der Waals surface area contributed by atoms with Crippen LogP contribution >= 0.6 is 0 Å². The van der Waals surface area contributed by atoms with Crippen LogP contribution in [-0.2, 0) is 12.8 Å². The molecule has 0 bridgehead atoms. The average Bonchev–Trinajstić information content (AvgIpc) is 3.47. The van der Waals surface area contributed by atoms with Crippen LogP contribution in [0.3, 0.4) is 0 Å². The second-order valence-electron chi connectivity index (χ2n) is 9.92. The molecule has 1 aliphatic heterocycles. The maximum Gasteiger partial charge on any atom is 0.196 e. The van der Waals surface area contributed by atoms with Gasteiger partial charge in [-0.05, 0) is 82.7 Å². The van der Waals surface area contributed by atoms with Crippen molar-refractivity contribution in [3.8, 4) is 0 Å². The van der Waals surface area contributed by atoms with Crippen LogP contribution in [-0.4, -0.2) is 66.2 Å². The van der Waals surface area contributed by atoms with E-state index in [0.717, 1.165) is 74.3 Å².